The van der Waals surface area contributed by atoms with Crippen LogP contribution in [0.1, 0.15) is 33.1 Å². The van der Waals surface area contributed by atoms with Gasteiger partial charge < -0.3 is 21.7 Å². The van der Waals surface area contributed by atoms with Gasteiger partial charge in [0.05, 0.1) is 12.6 Å². The monoisotopic (exact) mass is 286 g/mol. The van der Waals surface area contributed by atoms with Gasteiger partial charge >= 0.3 is 0 Å². The Morgan fingerprint density at radius 2 is 2.05 bits per heavy atom. The summed E-state index contributed by atoms with van der Waals surface area (Å²) < 4.78 is 0. The third kappa shape index (κ3) is 5.56. The Hall–Kier alpha value is -1.63. The SMILES string of the molecule is CC(C)C[C@H](NC(=O)[C@@H]1CCCN1)[13C](=O)[15NH]CC(N)=O. The maximum absolute atomic E-state index is 12.0. The van der Waals surface area contributed by atoms with E-state index >= 15 is 0 Å². The van der Waals surface area contributed by atoms with E-state index in [-0.39, 0.29) is 30.3 Å². The van der Waals surface area contributed by atoms with E-state index in [2.05, 4.69) is 16.0 Å². The summed E-state index contributed by atoms with van der Waals surface area (Å²) in [6, 6.07) is -0.863. The molecule has 0 saturated carbocycles. The third-order valence-corrected chi connectivity index (χ3v) is 3.15. The van der Waals surface area contributed by atoms with Gasteiger partial charge in [0.1, 0.15) is 6.04 Å². The molecule has 0 radical (unpaired) electrons. The zero-order valence-corrected chi connectivity index (χ0v) is 12.1. The lowest BCUT2D eigenvalue weighted by Crippen LogP contribution is -2.52. The van der Waals surface area contributed by atoms with Crippen LogP contribution in [-0.2, 0) is 14.4 Å². The maximum Gasteiger partial charge on any atom is 0.243 e. The Labute approximate surface area is 119 Å². The van der Waals surface area contributed by atoms with Gasteiger partial charge in [-0.15, -0.1) is 0 Å². The van der Waals surface area contributed by atoms with Crippen LogP contribution >= 0.6 is 0 Å². The quantitative estimate of drug-likeness (QED) is 0.350. The molecule has 0 aromatic carbocycles. The number of rotatable bonds is 7. The molecule has 3 amide bonds. The molecule has 1 heterocycles. The Bertz CT molecular complexity index is 365. The second-order valence-electron chi connectivity index (χ2n) is 5.52. The molecule has 5 N–H and O–H groups in total. The highest BCUT2D eigenvalue weighted by Crippen LogP contribution is 2.08. The first kappa shape index (κ1) is 16.4. The molecule has 2 atom stereocenters. The second kappa shape index (κ2) is 7.84. The molecule has 114 valence electrons. The van der Waals surface area contributed by atoms with E-state index in [0.29, 0.717) is 6.42 Å². The molecular weight excluding hydrogens is 262 g/mol. The molecular formula is C13H24N4O3. The zero-order valence-electron chi connectivity index (χ0n) is 12.1. The predicted molar refractivity (Wildman–Crippen MR) is 74.6 cm³/mol. The van der Waals surface area contributed by atoms with Gasteiger partial charge in [-0.25, -0.2) is 0 Å². The van der Waals surface area contributed by atoms with Crippen LogP contribution in [0.3, 0.4) is 0 Å². The van der Waals surface area contributed by atoms with E-state index in [4.69, 9.17) is 5.73 Å². The summed E-state index contributed by atoms with van der Waals surface area (Å²) in [5.74, 6) is -0.896. The summed E-state index contributed by atoms with van der Waals surface area (Å²) in [4.78, 5) is 34.7. The Balaban J connectivity index is 2.55. The van der Waals surface area contributed by atoms with E-state index in [1.807, 2.05) is 13.8 Å². The first-order valence-electron chi connectivity index (χ1n) is 7.00. The molecule has 1 aliphatic rings. The number of nitrogens with two attached hydrogens (primary N) is 1. The molecule has 0 bridgehead atoms. The van der Waals surface area contributed by atoms with Crippen molar-refractivity contribution < 1.29 is 14.4 Å². The number of hydrogen-bond acceptors (Lipinski definition) is 4. The highest BCUT2D eigenvalue weighted by Gasteiger charge is 2.27. The smallest absolute Gasteiger partial charge is 0.243 e. The van der Waals surface area contributed by atoms with Crippen molar-refractivity contribution in [3.05, 3.63) is 0 Å². The summed E-state index contributed by atoms with van der Waals surface area (Å²) >= 11 is 0. The fourth-order valence-electron chi connectivity index (χ4n) is 2.18. The molecule has 0 unspecified atom stereocenters. The lowest BCUT2D eigenvalue weighted by atomic mass is 10.1. The van der Waals surface area contributed by atoms with Crippen LogP contribution in [0.25, 0.3) is 0 Å². The predicted octanol–water partition coefficient (Wildman–Crippen LogP) is -1.13. The average molecular weight is 286 g/mol. The van der Waals surface area contributed by atoms with Crippen LogP contribution in [0, 0.1) is 5.92 Å². The largest absolute Gasteiger partial charge is 0.368 e. The van der Waals surface area contributed by atoms with E-state index in [9.17, 15) is 14.4 Å². The third-order valence-electron chi connectivity index (χ3n) is 3.15. The highest BCUT2D eigenvalue weighted by atomic mass is 16.3. The molecule has 0 aromatic rings. The summed E-state index contributed by atoms with van der Waals surface area (Å²) in [6.45, 7) is 4.54. The lowest BCUT2D eigenvalue weighted by Gasteiger charge is -2.21. The standard InChI is InChI=1S/C13H24N4O3/c1-8(2)6-10(12(19)16-7-11(14)18)17-13(20)9-4-3-5-15-9/h8-10,15H,3-7H2,1-2H3,(H2,14,18)(H,16,19)(H,17,20)/t9-,10-/m0/s1/i12+1,16+1. The van der Waals surface area contributed by atoms with E-state index < -0.39 is 11.9 Å². The fraction of sp³-hybridized carbons (Fsp3) is 0.769. The van der Waals surface area contributed by atoms with Gasteiger partial charge in [-0.05, 0) is 31.7 Å². The second-order valence-corrected chi connectivity index (χ2v) is 5.52. The van der Waals surface area contributed by atoms with Gasteiger partial charge in [0, 0.05) is 0 Å². The minimum Gasteiger partial charge on any atom is -0.368 e. The zero-order chi connectivity index (χ0) is 15.1. The van der Waals surface area contributed by atoms with Crippen molar-refractivity contribution in [3.63, 3.8) is 0 Å². The van der Waals surface area contributed by atoms with Crippen molar-refractivity contribution in [2.24, 2.45) is 11.7 Å². The molecule has 7 nitrogen and oxygen atoms in total. The minimum atomic E-state index is -0.635. The summed E-state index contributed by atoms with van der Waals surface area (Å²) in [7, 11) is 0. The number of amides is 3. The summed E-state index contributed by atoms with van der Waals surface area (Å²) in [5.41, 5.74) is 4.99. The van der Waals surface area contributed by atoms with E-state index in [1.54, 1.807) is 0 Å². The molecule has 1 aliphatic heterocycles. The Morgan fingerprint density at radius 1 is 1.35 bits per heavy atom. The van der Waals surface area contributed by atoms with Crippen molar-refractivity contribution >= 4 is 17.7 Å². The first-order valence-corrected chi connectivity index (χ1v) is 7.00. The van der Waals surface area contributed by atoms with Crippen LogP contribution < -0.4 is 21.7 Å². The molecule has 1 rings (SSSR count). The van der Waals surface area contributed by atoms with Crippen LogP contribution in [0.15, 0.2) is 0 Å². The highest BCUT2D eigenvalue weighted by molar-refractivity contribution is 5.91. The van der Waals surface area contributed by atoms with E-state index in [1.165, 1.54) is 0 Å². The number of carbonyl (C=O) groups excluding carboxylic acids is 3. The average Bonchev–Trinajstić information content (AvgIpc) is 2.88. The van der Waals surface area contributed by atoms with E-state index in [0.717, 1.165) is 19.4 Å². The lowest BCUT2D eigenvalue weighted by molar-refractivity contribution is -0.131. The van der Waals surface area contributed by atoms with Crippen molar-refractivity contribution in [3.8, 4) is 0 Å². The summed E-state index contributed by atoms with van der Waals surface area (Å²) in [6.07, 6.45) is 2.26. The van der Waals surface area contributed by atoms with Crippen LogP contribution in [-0.4, -0.2) is 42.9 Å². The van der Waals surface area contributed by atoms with Crippen molar-refractivity contribution in [2.75, 3.05) is 13.1 Å². The van der Waals surface area contributed by atoms with Crippen LogP contribution in [0.4, 0.5) is 0 Å². The van der Waals surface area contributed by atoms with Gasteiger partial charge in [-0.1, -0.05) is 13.8 Å². The van der Waals surface area contributed by atoms with Crippen molar-refractivity contribution in [1.82, 2.24) is 16.0 Å². The first-order chi connectivity index (χ1) is 9.40. The van der Waals surface area contributed by atoms with Gasteiger partial charge in [-0.3, -0.25) is 14.4 Å². The van der Waals surface area contributed by atoms with Gasteiger partial charge in [0.2, 0.25) is 17.7 Å². The Kier molecular flexibility index (Phi) is 6.44. The molecule has 1 saturated heterocycles. The maximum atomic E-state index is 12.0. The number of carbonyl (C=O) groups is 3. The van der Waals surface area contributed by atoms with Gasteiger partial charge in [0.25, 0.3) is 0 Å². The molecule has 0 aromatic heterocycles. The van der Waals surface area contributed by atoms with Crippen molar-refractivity contribution in [1.29, 1.82) is 0 Å². The minimum absolute atomic E-state index is 0.164. The van der Waals surface area contributed by atoms with Crippen LogP contribution in [0.2, 0.25) is 0 Å². The molecule has 0 aliphatic carbocycles. The Morgan fingerprint density at radius 3 is 2.55 bits per heavy atom. The molecule has 1 fully saturated rings. The molecule has 0 spiro atoms. The number of nitrogens with one attached hydrogen (secondary N) is 3. The number of primary amides is 1. The van der Waals surface area contributed by atoms with Crippen molar-refractivity contribution in [2.45, 2.75) is 45.2 Å². The molecule has 7 heteroatoms. The fourth-order valence-corrected chi connectivity index (χ4v) is 2.18. The van der Waals surface area contributed by atoms with Crippen LogP contribution in [0.5, 0.6) is 0 Å². The number of hydrogen-bond donors (Lipinski definition) is 4. The summed E-state index contributed by atoms with van der Waals surface area (Å²) in [5, 5.41) is 8.27. The molecule has 20 heavy (non-hydrogen) atoms. The van der Waals surface area contributed by atoms with Gasteiger partial charge in [-0.2, -0.15) is 0 Å². The van der Waals surface area contributed by atoms with Gasteiger partial charge in [0.15, 0.2) is 0 Å². The topological polar surface area (TPSA) is 113 Å². The normalized spacial score (nSPS) is 19.6.